The summed E-state index contributed by atoms with van der Waals surface area (Å²) in [6, 6.07) is 19.7. The molecule has 0 bridgehead atoms. The highest BCUT2D eigenvalue weighted by Crippen LogP contribution is 2.37. The van der Waals surface area contributed by atoms with Crippen molar-refractivity contribution in [1.82, 2.24) is 0 Å². The second-order valence-corrected chi connectivity index (χ2v) is 13.6. The lowest BCUT2D eigenvalue weighted by atomic mass is 10.1. The maximum Gasteiger partial charge on any atom is 0.380 e. The van der Waals surface area contributed by atoms with Crippen molar-refractivity contribution in [3.63, 3.8) is 0 Å². The third kappa shape index (κ3) is 5.15. The molecule has 5 nitrogen and oxygen atoms in total. The fraction of sp³-hybridized carbons (Fsp3) is 0.423. The largest absolute Gasteiger partial charge is 0.461 e. The first-order chi connectivity index (χ1) is 16.0. The van der Waals surface area contributed by atoms with Crippen LogP contribution in [0, 0.1) is 0 Å². The maximum absolute atomic E-state index is 14.6. The summed E-state index contributed by atoms with van der Waals surface area (Å²) >= 11 is 0. The van der Waals surface area contributed by atoms with Crippen LogP contribution in [-0.2, 0) is 18.7 Å². The number of alkyl halides is 2. The second kappa shape index (κ2) is 10.5. The van der Waals surface area contributed by atoms with E-state index in [0.29, 0.717) is 0 Å². The Labute approximate surface area is 200 Å². The summed E-state index contributed by atoms with van der Waals surface area (Å²) in [5, 5.41) is 12.2. The van der Waals surface area contributed by atoms with Gasteiger partial charge in [-0.25, -0.2) is 4.79 Å². The summed E-state index contributed by atoms with van der Waals surface area (Å²) < 4.78 is 46.0. The van der Waals surface area contributed by atoms with E-state index in [4.69, 9.17) is 9.16 Å². The van der Waals surface area contributed by atoms with Gasteiger partial charge in [0.25, 0.3) is 8.32 Å². The molecule has 1 heterocycles. The monoisotopic (exact) mass is 490 g/mol. The number of rotatable bonds is 8. The predicted molar refractivity (Wildman–Crippen MR) is 129 cm³/mol. The molecule has 184 valence electrons. The molecule has 34 heavy (non-hydrogen) atoms. The van der Waals surface area contributed by atoms with Crippen LogP contribution >= 0.6 is 0 Å². The Morgan fingerprint density at radius 3 is 2.00 bits per heavy atom. The number of benzene rings is 2. The molecule has 0 saturated heterocycles. The Morgan fingerprint density at radius 1 is 1.00 bits per heavy atom. The van der Waals surface area contributed by atoms with Gasteiger partial charge in [0.1, 0.15) is 12.2 Å². The molecular weight excluding hydrogens is 458 g/mol. The van der Waals surface area contributed by atoms with Crippen molar-refractivity contribution >= 4 is 24.7 Å². The Hall–Kier alpha value is -2.39. The normalized spacial score (nSPS) is 21.3. The number of carbonyl (C=O) groups is 1. The molecule has 0 aromatic heterocycles. The third-order valence-corrected chi connectivity index (χ3v) is 11.0. The molecule has 1 N–H and O–H groups in total. The number of carbonyl (C=O) groups excluding carboxylic acids is 1. The molecule has 0 fully saturated rings. The van der Waals surface area contributed by atoms with Crippen molar-refractivity contribution in [3.05, 3.63) is 72.8 Å². The van der Waals surface area contributed by atoms with Crippen molar-refractivity contribution in [2.24, 2.45) is 0 Å². The quantitative estimate of drug-likeness (QED) is 0.349. The topological polar surface area (TPSA) is 65.0 Å². The molecule has 0 radical (unpaired) electrons. The molecule has 2 aromatic rings. The van der Waals surface area contributed by atoms with Gasteiger partial charge in [0.05, 0.1) is 13.2 Å². The zero-order valence-corrected chi connectivity index (χ0v) is 20.9. The number of aliphatic hydroxyl groups excluding tert-OH is 1. The Balaban J connectivity index is 1.94. The Kier molecular flexibility index (Phi) is 8.08. The molecule has 0 spiro atoms. The van der Waals surface area contributed by atoms with Gasteiger partial charge in [0.15, 0.2) is 6.10 Å². The lowest BCUT2D eigenvalue weighted by Gasteiger charge is -2.44. The predicted octanol–water partition coefficient (Wildman–Crippen LogP) is 3.45. The van der Waals surface area contributed by atoms with E-state index in [2.05, 4.69) is 25.5 Å². The third-order valence-electron chi connectivity index (χ3n) is 5.97. The number of aliphatic hydroxyl groups is 1. The van der Waals surface area contributed by atoms with E-state index in [9.17, 15) is 18.7 Å². The van der Waals surface area contributed by atoms with Crippen molar-refractivity contribution < 1.29 is 32.6 Å². The molecule has 1 aliphatic rings. The van der Waals surface area contributed by atoms with E-state index < -0.39 is 38.5 Å². The first-order valence-corrected chi connectivity index (χ1v) is 13.3. The highest BCUT2D eigenvalue weighted by molar-refractivity contribution is 6.99. The standard InChI is InChI=1S/C26H32F2O5Si/c1-5-31-24(30)26(27,28)23-17-16-21(29)22(33-23)18-32-34(25(2,3)4,19-12-8-6-9-13-19)20-14-10-7-11-15-20/h6-17,21-23,29H,5,18H2,1-4H3/t21-,22+,23+/m0/s1. The lowest BCUT2D eigenvalue weighted by molar-refractivity contribution is -0.202. The van der Waals surface area contributed by atoms with Gasteiger partial charge in [0.2, 0.25) is 0 Å². The molecule has 3 rings (SSSR count). The summed E-state index contributed by atoms with van der Waals surface area (Å²) in [4.78, 5) is 11.8. The average molecular weight is 491 g/mol. The number of hydrogen-bond acceptors (Lipinski definition) is 5. The molecule has 2 aromatic carbocycles. The summed E-state index contributed by atoms with van der Waals surface area (Å²) in [7, 11) is -2.96. The van der Waals surface area contributed by atoms with Crippen LogP contribution in [0.1, 0.15) is 27.7 Å². The van der Waals surface area contributed by atoms with Crippen LogP contribution in [-0.4, -0.2) is 56.8 Å². The zero-order chi connectivity index (χ0) is 25.0. The Morgan fingerprint density at radius 2 is 1.53 bits per heavy atom. The van der Waals surface area contributed by atoms with Gasteiger partial charge in [-0.3, -0.25) is 0 Å². The fourth-order valence-electron chi connectivity index (χ4n) is 4.31. The van der Waals surface area contributed by atoms with Crippen molar-refractivity contribution in [1.29, 1.82) is 0 Å². The van der Waals surface area contributed by atoms with Gasteiger partial charge in [-0.1, -0.05) is 93.6 Å². The smallest absolute Gasteiger partial charge is 0.380 e. The Bertz CT molecular complexity index is 936. The van der Waals surface area contributed by atoms with Crippen LogP contribution in [0.4, 0.5) is 8.78 Å². The fourth-order valence-corrected chi connectivity index (χ4v) is 8.88. The van der Waals surface area contributed by atoms with Crippen LogP contribution in [0.2, 0.25) is 5.04 Å². The van der Waals surface area contributed by atoms with Gasteiger partial charge in [-0.15, -0.1) is 0 Å². The van der Waals surface area contributed by atoms with Crippen molar-refractivity contribution in [2.75, 3.05) is 13.2 Å². The number of hydrogen-bond donors (Lipinski definition) is 1. The number of esters is 1. The first-order valence-electron chi connectivity index (χ1n) is 11.4. The molecular formula is C26H32F2O5Si. The minimum Gasteiger partial charge on any atom is -0.461 e. The van der Waals surface area contributed by atoms with Gasteiger partial charge < -0.3 is 19.0 Å². The minimum atomic E-state index is -3.89. The highest BCUT2D eigenvalue weighted by atomic mass is 28.4. The zero-order valence-electron chi connectivity index (χ0n) is 19.9. The molecule has 1 aliphatic heterocycles. The maximum atomic E-state index is 14.6. The number of halogens is 2. The summed E-state index contributed by atoms with van der Waals surface area (Å²) in [6.45, 7) is 7.43. The molecule has 0 amide bonds. The molecule has 8 heteroatoms. The molecule has 0 aliphatic carbocycles. The highest BCUT2D eigenvalue weighted by Gasteiger charge is 2.53. The van der Waals surface area contributed by atoms with Crippen LogP contribution in [0.15, 0.2) is 72.8 Å². The van der Waals surface area contributed by atoms with E-state index >= 15 is 0 Å². The molecule has 3 atom stereocenters. The second-order valence-electron chi connectivity index (χ2n) is 9.29. The van der Waals surface area contributed by atoms with E-state index in [1.165, 1.54) is 13.0 Å². The summed E-state index contributed by atoms with van der Waals surface area (Å²) in [5.41, 5.74) is 0. The number of ether oxygens (including phenoxy) is 2. The van der Waals surface area contributed by atoms with E-state index in [1.807, 2.05) is 60.7 Å². The van der Waals surface area contributed by atoms with Crippen LogP contribution in [0.25, 0.3) is 0 Å². The van der Waals surface area contributed by atoms with E-state index in [1.54, 1.807) is 0 Å². The van der Waals surface area contributed by atoms with Crippen molar-refractivity contribution in [3.8, 4) is 0 Å². The molecule has 0 saturated carbocycles. The van der Waals surface area contributed by atoms with Gasteiger partial charge in [-0.2, -0.15) is 8.78 Å². The average Bonchev–Trinajstić information content (AvgIpc) is 2.81. The lowest BCUT2D eigenvalue weighted by Crippen LogP contribution is -2.67. The SMILES string of the molecule is CCOC(=O)C(F)(F)[C@H]1C=C[C@H](O)[C@@H](CO[Si](c2ccccc2)(c2ccccc2)C(C)(C)C)O1. The van der Waals surface area contributed by atoms with E-state index in [0.717, 1.165) is 16.4 Å². The van der Waals surface area contributed by atoms with Gasteiger partial charge >= 0.3 is 11.9 Å². The van der Waals surface area contributed by atoms with Crippen LogP contribution in [0.3, 0.4) is 0 Å². The summed E-state index contributed by atoms with van der Waals surface area (Å²) in [6.07, 6.45) is -1.88. The van der Waals surface area contributed by atoms with Gasteiger partial charge in [0, 0.05) is 0 Å². The van der Waals surface area contributed by atoms with Crippen LogP contribution < -0.4 is 10.4 Å². The van der Waals surface area contributed by atoms with E-state index in [-0.39, 0.29) is 18.3 Å². The molecule has 0 unspecified atom stereocenters. The summed E-state index contributed by atoms with van der Waals surface area (Å²) in [5.74, 6) is -5.55. The van der Waals surface area contributed by atoms with Gasteiger partial charge in [-0.05, 0) is 22.3 Å². The van der Waals surface area contributed by atoms with Crippen molar-refractivity contribution in [2.45, 2.75) is 57.0 Å². The minimum absolute atomic E-state index is 0.131. The first kappa shape index (κ1) is 26.2. The van der Waals surface area contributed by atoms with Crippen LogP contribution in [0.5, 0.6) is 0 Å².